The number of fused-ring (bicyclic) bond motifs is 1. The summed E-state index contributed by atoms with van der Waals surface area (Å²) in [5, 5.41) is 10.1. The average molecular weight is 493 g/mol. The van der Waals surface area contributed by atoms with Gasteiger partial charge in [0.25, 0.3) is 0 Å². The fraction of sp³-hybridized carbons (Fsp3) is 0.238. The summed E-state index contributed by atoms with van der Waals surface area (Å²) >= 11 is 12.3. The number of hydrogen-bond donors (Lipinski definition) is 3. The molecule has 0 saturated heterocycles. The number of nitrogens with zero attached hydrogens (tertiary/aromatic N) is 3. The van der Waals surface area contributed by atoms with Gasteiger partial charge in [-0.05, 0) is 47.9 Å². The maximum atomic E-state index is 11.8. The Hall–Kier alpha value is -2.59. The lowest BCUT2D eigenvalue weighted by Gasteiger charge is -2.18. The van der Waals surface area contributed by atoms with E-state index in [-0.39, 0.29) is 6.54 Å². The molecule has 0 aliphatic carbocycles. The molecule has 0 unspecified atom stereocenters. The van der Waals surface area contributed by atoms with Crippen molar-refractivity contribution in [3.05, 3.63) is 70.4 Å². The van der Waals surface area contributed by atoms with Crippen molar-refractivity contribution in [1.82, 2.24) is 15.3 Å². The summed E-state index contributed by atoms with van der Waals surface area (Å²) in [5.74, 6) is 0.816. The van der Waals surface area contributed by atoms with Gasteiger partial charge in [0.15, 0.2) is 5.82 Å². The first-order valence-corrected chi connectivity index (χ1v) is 12.5. The van der Waals surface area contributed by atoms with Crippen LogP contribution in [0.3, 0.4) is 0 Å². The van der Waals surface area contributed by atoms with Crippen LogP contribution in [0.1, 0.15) is 16.7 Å². The molecule has 168 valence electrons. The monoisotopic (exact) mass is 492 g/mol. The zero-order valence-corrected chi connectivity index (χ0v) is 19.6. The smallest absolute Gasteiger partial charge is 0.246 e. The molecule has 0 fully saturated rings. The lowest BCUT2D eigenvalue weighted by Crippen LogP contribution is -2.23. The van der Waals surface area contributed by atoms with E-state index in [0.717, 1.165) is 35.3 Å². The Bertz CT molecular complexity index is 1240. The van der Waals surface area contributed by atoms with Crippen LogP contribution in [0.15, 0.2) is 48.7 Å². The molecule has 0 atom stereocenters. The second kappa shape index (κ2) is 9.50. The fourth-order valence-electron chi connectivity index (χ4n) is 3.42. The zero-order valence-electron chi connectivity index (χ0n) is 17.3. The third-order valence-corrected chi connectivity index (χ3v) is 7.00. The molecule has 0 amide bonds. The van der Waals surface area contributed by atoms with Gasteiger partial charge in [-0.2, -0.15) is 8.81 Å². The van der Waals surface area contributed by atoms with Gasteiger partial charge in [-0.25, -0.2) is 13.4 Å². The Kier molecular flexibility index (Phi) is 6.71. The summed E-state index contributed by atoms with van der Waals surface area (Å²) in [4.78, 5) is 8.74. The standard InChI is InChI=1S/C21H22Cl2N6O2S/c1-32(30,31)29(23)19-5-3-2-4-16(19)12-25-20-18(22)13-26-21(28-20)27-17-7-6-15-11-24-9-8-14(15)10-17/h2-7,10,13,24H,8-9,11-12H2,1H3,(H2,25,26,27,28). The number of halogens is 2. The molecule has 1 aromatic heterocycles. The van der Waals surface area contributed by atoms with E-state index in [2.05, 4.69) is 38.1 Å². The van der Waals surface area contributed by atoms with Crippen LogP contribution in [-0.4, -0.2) is 31.2 Å². The van der Waals surface area contributed by atoms with Crippen LogP contribution in [0.5, 0.6) is 0 Å². The molecule has 2 aromatic carbocycles. The van der Waals surface area contributed by atoms with Crippen molar-refractivity contribution >= 4 is 56.5 Å². The van der Waals surface area contributed by atoms with Crippen molar-refractivity contribution in [2.75, 3.05) is 27.3 Å². The summed E-state index contributed by atoms with van der Waals surface area (Å²) in [6.45, 7) is 2.10. The Labute approximate surface area is 197 Å². The maximum absolute atomic E-state index is 11.8. The minimum Gasteiger partial charge on any atom is -0.365 e. The summed E-state index contributed by atoms with van der Waals surface area (Å²) < 4.78 is 24.4. The number of benzene rings is 2. The van der Waals surface area contributed by atoms with E-state index in [1.165, 1.54) is 17.3 Å². The van der Waals surface area contributed by atoms with Gasteiger partial charge < -0.3 is 16.0 Å². The maximum Gasteiger partial charge on any atom is 0.246 e. The molecule has 0 radical (unpaired) electrons. The highest BCUT2D eigenvalue weighted by Gasteiger charge is 2.18. The summed E-state index contributed by atoms with van der Waals surface area (Å²) in [6.07, 6.45) is 3.53. The molecule has 32 heavy (non-hydrogen) atoms. The Balaban J connectivity index is 1.51. The van der Waals surface area contributed by atoms with Crippen LogP contribution in [0, 0.1) is 0 Å². The van der Waals surface area contributed by atoms with Crippen molar-refractivity contribution in [1.29, 1.82) is 0 Å². The van der Waals surface area contributed by atoms with Gasteiger partial charge in [0.1, 0.15) is 5.02 Å². The van der Waals surface area contributed by atoms with Gasteiger partial charge >= 0.3 is 0 Å². The number of sulfonamides is 1. The van der Waals surface area contributed by atoms with E-state index >= 15 is 0 Å². The van der Waals surface area contributed by atoms with E-state index < -0.39 is 10.0 Å². The highest BCUT2D eigenvalue weighted by atomic mass is 35.5. The molecule has 0 spiro atoms. The third-order valence-electron chi connectivity index (χ3n) is 5.01. The Morgan fingerprint density at radius 2 is 2.00 bits per heavy atom. The summed E-state index contributed by atoms with van der Waals surface area (Å²) in [7, 11) is -3.61. The quantitative estimate of drug-likeness (QED) is 0.427. The number of rotatable bonds is 7. The van der Waals surface area contributed by atoms with Crippen LogP contribution in [0.4, 0.5) is 23.1 Å². The first kappa shape index (κ1) is 22.6. The van der Waals surface area contributed by atoms with E-state index in [1.807, 2.05) is 6.07 Å². The predicted octanol–water partition coefficient (Wildman–Crippen LogP) is 4.05. The third kappa shape index (κ3) is 5.24. The molecular weight excluding hydrogens is 471 g/mol. The molecule has 8 nitrogen and oxygen atoms in total. The number of nitrogens with one attached hydrogen (secondary N) is 3. The van der Waals surface area contributed by atoms with Gasteiger partial charge in [0.05, 0.1) is 18.1 Å². The Morgan fingerprint density at radius 3 is 2.81 bits per heavy atom. The van der Waals surface area contributed by atoms with Crippen molar-refractivity contribution in [2.45, 2.75) is 19.5 Å². The molecule has 2 heterocycles. The second-order valence-electron chi connectivity index (χ2n) is 7.39. The largest absolute Gasteiger partial charge is 0.365 e. The molecule has 0 saturated carbocycles. The van der Waals surface area contributed by atoms with E-state index in [4.69, 9.17) is 23.4 Å². The van der Waals surface area contributed by atoms with E-state index in [9.17, 15) is 8.42 Å². The van der Waals surface area contributed by atoms with Crippen LogP contribution < -0.4 is 19.8 Å². The average Bonchev–Trinajstić information content (AvgIpc) is 2.78. The lowest BCUT2D eigenvalue weighted by molar-refractivity contribution is 0.603. The van der Waals surface area contributed by atoms with E-state index in [1.54, 1.807) is 24.3 Å². The minimum absolute atomic E-state index is 0.261. The molecule has 1 aliphatic rings. The first-order chi connectivity index (χ1) is 15.3. The van der Waals surface area contributed by atoms with Crippen LogP contribution in [0.25, 0.3) is 0 Å². The molecule has 1 aliphatic heterocycles. The van der Waals surface area contributed by atoms with Gasteiger partial charge in [0, 0.05) is 30.6 Å². The highest BCUT2D eigenvalue weighted by molar-refractivity contribution is 7.93. The molecule has 3 aromatic rings. The van der Waals surface area contributed by atoms with E-state index in [0.29, 0.717) is 28.0 Å². The van der Waals surface area contributed by atoms with Crippen LogP contribution in [0.2, 0.25) is 5.02 Å². The first-order valence-electron chi connectivity index (χ1n) is 9.91. The van der Waals surface area contributed by atoms with Crippen LogP contribution >= 0.6 is 23.4 Å². The number of anilines is 4. The molecule has 0 bridgehead atoms. The predicted molar refractivity (Wildman–Crippen MR) is 129 cm³/mol. The normalized spacial score (nSPS) is 13.3. The molecule has 3 N–H and O–H groups in total. The van der Waals surface area contributed by atoms with Gasteiger partial charge in [-0.1, -0.05) is 35.9 Å². The summed E-state index contributed by atoms with van der Waals surface area (Å²) in [6, 6.07) is 13.1. The van der Waals surface area contributed by atoms with Crippen molar-refractivity contribution in [3.8, 4) is 0 Å². The van der Waals surface area contributed by atoms with Crippen LogP contribution in [-0.2, 0) is 29.5 Å². The fourth-order valence-corrected chi connectivity index (χ4v) is 4.28. The second-order valence-corrected chi connectivity index (χ2v) is 10.2. The van der Waals surface area contributed by atoms with Crippen molar-refractivity contribution in [2.24, 2.45) is 0 Å². The number of para-hydroxylation sites is 1. The SMILES string of the molecule is CS(=O)(=O)N(Cl)c1ccccc1CNc1nc(Nc2ccc3c(c2)CCNC3)ncc1Cl. The number of hydrogen-bond acceptors (Lipinski definition) is 7. The van der Waals surface area contributed by atoms with Gasteiger partial charge in [-0.3, -0.25) is 0 Å². The zero-order chi connectivity index (χ0) is 22.7. The minimum atomic E-state index is -3.61. The topological polar surface area (TPSA) is 99.2 Å². The van der Waals surface area contributed by atoms with Crippen molar-refractivity contribution in [3.63, 3.8) is 0 Å². The summed E-state index contributed by atoms with van der Waals surface area (Å²) in [5.41, 5.74) is 4.52. The number of aromatic nitrogens is 2. The van der Waals surface area contributed by atoms with Gasteiger partial charge in [0.2, 0.25) is 16.0 Å². The highest BCUT2D eigenvalue weighted by Crippen LogP contribution is 2.28. The molecule has 4 rings (SSSR count). The molecule has 11 heteroatoms. The lowest BCUT2D eigenvalue weighted by atomic mass is 10.0. The molecular formula is C21H22Cl2N6O2S. The van der Waals surface area contributed by atoms with Gasteiger partial charge in [-0.15, -0.1) is 0 Å². The van der Waals surface area contributed by atoms with Crippen molar-refractivity contribution < 1.29 is 8.42 Å². The Morgan fingerprint density at radius 1 is 1.19 bits per heavy atom.